The molecule has 1 atom stereocenters. The Bertz CT molecular complexity index is 1020. The SMILES string of the molecule is COc1ccccc1CN(CC1CCCO1)C(=O)c1ccc(N2CCCS2(=O)=O)cc1. The Balaban J connectivity index is 1.56. The van der Waals surface area contributed by atoms with Crippen molar-refractivity contribution in [3.05, 3.63) is 59.7 Å². The second-order valence-electron chi connectivity index (χ2n) is 7.92. The summed E-state index contributed by atoms with van der Waals surface area (Å²) in [6.07, 6.45) is 2.58. The van der Waals surface area contributed by atoms with Crippen LogP contribution in [0.1, 0.15) is 35.2 Å². The molecule has 1 unspecified atom stereocenters. The van der Waals surface area contributed by atoms with Gasteiger partial charge >= 0.3 is 0 Å². The van der Waals surface area contributed by atoms with Crippen molar-refractivity contribution in [3.63, 3.8) is 0 Å². The van der Waals surface area contributed by atoms with Gasteiger partial charge in [-0.2, -0.15) is 0 Å². The number of amides is 1. The van der Waals surface area contributed by atoms with Crippen molar-refractivity contribution in [2.24, 2.45) is 0 Å². The Hall–Kier alpha value is -2.58. The molecule has 0 N–H and O–H groups in total. The van der Waals surface area contributed by atoms with Crippen LogP contribution in [0.2, 0.25) is 0 Å². The van der Waals surface area contributed by atoms with Crippen molar-refractivity contribution in [1.29, 1.82) is 0 Å². The Morgan fingerprint density at radius 1 is 1.16 bits per heavy atom. The first-order valence-corrected chi connectivity index (χ1v) is 12.2. The van der Waals surface area contributed by atoms with Gasteiger partial charge in [0.15, 0.2) is 0 Å². The minimum Gasteiger partial charge on any atom is -0.496 e. The predicted molar refractivity (Wildman–Crippen MR) is 119 cm³/mol. The molecule has 2 aromatic rings. The van der Waals surface area contributed by atoms with Gasteiger partial charge in [0.1, 0.15) is 5.75 Å². The molecular weight excluding hydrogens is 416 g/mol. The molecule has 0 spiro atoms. The summed E-state index contributed by atoms with van der Waals surface area (Å²) >= 11 is 0. The summed E-state index contributed by atoms with van der Waals surface area (Å²) in [4.78, 5) is 15.2. The fourth-order valence-corrected chi connectivity index (χ4v) is 5.74. The van der Waals surface area contributed by atoms with E-state index in [1.807, 2.05) is 24.3 Å². The molecule has 0 aromatic heterocycles. The topological polar surface area (TPSA) is 76.2 Å². The molecule has 0 bridgehead atoms. The van der Waals surface area contributed by atoms with Crippen LogP contribution in [0.15, 0.2) is 48.5 Å². The van der Waals surface area contributed by atoms with Crippen LogP contribution >= 0.6 is 0 Å². The maximum absolute atomic E-state index is 13.4. The van der Waals surface area contributed by atoms with Crippen LogP contribution in [0.3, 0.4) is 0 Å². The molecule has 2 aliphatic rings. The van der Waals surface area contributed by atoms with E-state index >= 15 is 0 Å². The molecule has 2 aliphatic heterocycles. The highest BCUT2D eigenvalue weighted by atomic mass is 32.2. The summed E-state index contributed by atoms with van der Waals surface area (Å²) < 4.78 is 37.0. The maximum atomic E-state index is 13.4. The Morgan fingerprint density at radius 2 is 1.94 bits per heavy atom. The Morgan fingerprint density at radius 3 is 2.58 bits per heavy atom. The van der Waals surface area contributed by atoms with Crippen molar-refractivity contribution in [3.8, 4) is 5.75 Å². The molecule has 2 saturated heterocycles. The first-order chi connectivity index (χ1) is 15.0. The zero-order valence-electron chi connectivity index (χ0n) is 17.7. The highest BCUT2D eigenvalue weighted by Crippen LogP contribution is 2.26. The van der Waals surface area contributed by atoms with E-state index in [0.717, 1.165) is 30.8 Å². The standard InChI is InChI=1S/C23H28N2O5S/c1-29-22-8-3-2-6-19(22)16-24(17-21-7-4-14-30-21)23(26)18-9-11-20(12-10-18)25-13-5-15-31(25,27)28/h2-3,6,8-12,21H,4-5,7,13-17H2,1H3. The first kappa shape index (κ1) is 21.6. The number of hydrogen-bond acceptors (Lipinski definition) is 5. The van der Waals surface area contributed by atoms with Gasteiger partial charge in [0.05, 0.1) is 24.7 Å². The highest BCUT2D eigenvalue weighted by Gasteiger charge is 2.29. The van der Waals surface area contributed by atoms with Gasteiger partial charge in [0.2, 0.25) is 10.0 Å². The average molecular weight is 445 g/mol. The van der Waals surface area contributed by atoms with Crippen LogP contribution in [0.4, 0.5) is 5.69 Å². The molecule has 0 saturated carbocycles. The van der Waals surface area contributed by atoms with Gasteiger partial charge < -0.3 is 14.4 Å². The number of carbonyl (C=O) groups excluding carboxylic acids is 1. The molecule has 1 amide bonds. The van der Waals surface area contributed by atoms with Gasteiger partial charge in [0.25, 0.3) is 5.91 Å². The number of carbonyl (C=O) groups is 1. The lowest BCUT2D eigenvalue weighted by atomic mass is 10.1. The number of ether oxygens (including phenoxy) is 2. The van der Waals surface area contributed by atoms with Crippen LogP contribution in [-0.4, -0.2) is 57.9 Å². The molecule has 8 heteroatoms. The van der Waals surface area contributed by atoms with Gasteiger partial charge in [-0.1, -0.05) is 18.2 Å². The van der Waals surface area contributed by atoms with Gasteiger partial charge in [-0.05, 0) is 49.6 Å². The maximum Gasteiger partial charge on any atom is 0.254 e. The van der Waals surface area contributed by atoms with Gasteiger partial charge in [-0.15, -0.1) is 0 Å². The zero-order chi connectivity index (χ0) is 21.8. The number of rotatable bonds is 7. The molecule has 166 valence electrons. The number of anilines is 1. The number of para-hydroxylation sites is 1. The summed E-state index contributed by atoms with van der Waals surface area (Å²) in [5.41, 5.74) is 2.05. The minimum absolute atomic E-state index is 0.0210. The van der Waals surface area contributed by atoms with Crippen LogP contribution < -0.4 is 9.04 Å². The molecule has 4 rings (SSSR count). The quantitative estimate of drug-likeness (QED) is 0.656. The van der Waals surface area contributed by atoms with E-state index in [1.54, 1.807) is 36.3 Å². The van der Waals surface area contributed by atoms with Crippen molar-refractivity contribution >= 4 is 21.6 Å². The van der Waals surface area contributed by atoms with E-state index in [1.165, 1.54) is 4.31 Å². The van der Waals surface area contributed by atoms with Crippen LogP contribution in [0.5, 0.6) is 5.75 Å². The summed E-state index contributed by atoms with van der Waals surface area (Å²) in [6.45, 7) is 2.11. The first-order valence-electron chi connectivity index (χ1n) is 10.6. The van der Waals surface area contributed by atoms with Crippen molar-refractivity contribution in [1.82, 2.24) is 4.90 Å². The van der Waals surface area contributed by atoms with Gasteiger partial charge in [-0.3, -0.25) is 9.10 Å². The highest BCUT2D eigenvalue weighted by molar-refractivity contribution is 7.93. The fourth-order valence-electron chi connectivity index (χ4n) is 4.18. The van der Waals surface area contributed by atoms with E-state index in [2.05, 4.69) is 0 Å². The number of benzene rings is 2. The second-order valence-corrected chi connectivity index (χ2v) is 9.93. The van der Waals surface area contributed by atoms with E-state index in [4.69, 9.17) is 9.47 Å². The normalized spacial score (nSPS) is 20.0. The zero-order valence-corrected chi connectivity index (χ0v) is 18.5. The Kier molecular flexibility index (Phi) is 6.48. The molecule has 31 heavy (non-hydrogen) atoms. The lowest BCUT2D eigenvalue weighted by molar-refractivity contribution is 0.0505. The molecule has 0 aliphatic carbocycles. The number of hydrogen-bond donors (Lipinski definition) is 0. The monoisotopic (exact) mass is 444 g/mol. The second kappa shape index (κ2) is 9.28. The average Bonchev–Trinajstić information content (AvgIpc) is 3.42. The molecule has 2 heterocycles. The number of methoxy groups -OCH3 is 1. The van der Waals surface area contributed by atoms with Gasteiger partial charge in [0, 0.05) is 37.4 Å². The Labute approximate surface area is 183 Å². The summed E-state index contributed by atoms with van der Waals surface area (Å²) in [7, 11) is -1.62. The van der Waals surface area contributed by atoms with Crippen LogP contribution in [-0.2, 0) is 21.3 Å². The third kappa shape index (κ3) is 4.85. The minimum atomic E-state index is -3.25. The number of sulfonamides is 1. The molecule has 2 aromatic carbocycles. The largest absolute Gasteiger partial charge is 0.496 e. The smallest absolute Gasteiger partial charge is 0.254 e. The third-order valence-corrected chi connectivity index (χ3v) is 7.66. The molecular formula is C23H28N2O5S. The van der Waals surface area contributed by atoms with Crippen LogP contribution in [0, 0.1) is 0 Å². The molecule has 2 fully saturated rings. The predicted octanol–water partition coefficient (Wildman–Crippen LogP) is 3.06. The molecule has 7 nitrogen and oxygen atoms in total. The van der Waals surface area contributed by atoms with E-state index in [0.29, 0.717) is 37.3 Å². The summed E-state index contributed by atoms with van der Waals surface area (Å²) in [6, 6.07) is 14.5. The summed E-state index contributed by atoms with van der Waals surface area (Å²) in [5, 5.41) is 0. The third-order valence-electron chi connectivity index (χ3n) is 5.79. The van der Waals surface area contributed by atoms with Crippen molar-refractivity contribution < 1.29 is 22.7 Å². The van der Waals surface area contributed by atoms with Gasteiger partial charge in [-0.25, -0.2) is 8.42 Å². The summed E-state index contributed by atoms with van der Waals surface area (Å²) in [5.74, 6) is 0.793. The van der Waals surface area contributed by atoms with E-state index < -0.39 is 10.0 Å². The van der Waals surface area contributed by atoms with Crippen LogP contribution in [0.25, 0.3) is 0 Å². The number of nitrogens with zero attached hydrogens (tertiary/aromatic N) is 2. The lowest BCUT2D eigenvalue weighted by Gasteiger charge is -2.26. The fraction of sp³-hybridized carbons (Fsp3) is 0.435. The van der Waals surface area contributed by atoms with E-state index in [-0.39, 0.29) is 17.8 Å². The van der Waals surface area contributed by atoms with Crippen molar-refractivity contribution in [2.75, 3.05) is 36.9 Å². The molecule has 0 radical (unpaired) electrons. The van der Waals surface area contributed by atoms with E-state index in [9.17, 15) is 13.2 Å². The lowest BCUT2D eigenvalue weighted by Crippen LogP contribution is -2.37. The van der Waals surface area contributed by atoms with Crippen molar-refractivity contribution in [2.45, 2.75) is 31.9 Å².